The van der Waals surface area contributed by atoms with Gasteiger partial charge in [-0.25, -0.2) is 4.79 Å². The number of hydrogen-bond acceptors (Lipinski definition) is 3. The second kappa shape index (κ2) is 6.19. The van der Waals surface area contributed by atoms with Crippen LogP contribution in [0.2, 0.25) is 0 Å². The van der Waals surface area contributed by atoms with E-state index in [1.54, 1.807) is 0 Å². The molecule has 1 atom stereocenters. The molecule has 50 valence electrons. The van der Waals surface area contributed by atoms with Crippen LogP contribution in [0.5, 0.6) is 0 Å². The van der Waals surface area contributed by atoms with Crippen LogP contribution >= 0.6 is 0 Å². The van der Waals surface area contributed by atoms with Crippen LogP contribution < -0.4 is 11.5 Å². The fourth-order valence-corrected chi connectivity index (χ4v) is 0. The third-order valence-corrected chi connectivity index (χ3v) is 0. The predicted octanol–water partition coefficient (Wildman–Crippen LogP) is -1.09. The Balaban J connectivity index is 0. The van der Waals surface area contributed by atoms with E-state index in [4.69, 9.17) is 15.0 Å². The monoisotopic (exact) mass is 122 g/mol. The van der Waals surface area contributed by atoms with E-state index >= 15 is 0 Å². The van der Waals surface area contributed by atoms with Gasteiger partial charge in [-0.3, -0.25) is 0 Å². The lowest BCUT2D eigenvalue weighted by Gasteiger charge is -1.82. The molecule has 0 aliphatic rings. The molecule has 0 fully saturated rings. The Morgan fingerprint density at radius 1 is 1.75 bits per heavy atom. The fraction of sp³-hybridized carbons (Fsp3) is 0.667. The van der Waals surface area contributed by atoms with Gasteiger partial charge in [0.1, 0.15) is 0 Å². The number of carbonyl (C=O) groups is 1. The minimum Gasteiger partial charge on any atom is -0.465 e. The Bertz CT molecular complexity index is 56.8. The first-order valence-electron chi connectivity index (χ1n) is 1.89. The second-order valence-corrected chi connectivity index (χ2v) is 1.08. The van der Waals surface area contributed by atoms with Crippen LogP contribution in [0.15, 0.2) is 0 Å². The number of hydrogen-bond donors (Lipinski definition) is 4. The summed E-state index contributed by atoms with van der Waals surface area (Å²) in [4.78, 5) is 8.78. The molecule has 0 saturated carbocycles. The lowest BCUT2D eigenvalue weighted by molar-refractivity contribution is 0.203. The van der Waals surface area contributed by atoms with Crippen molar-refractivity contribution in [3.63, 3.8) is 0 Å². The molecule has 0 aromatic heterocycles. The highest BCUT2D eigenvalue weighted by Crippen LogP contribution is 1.50. The summed E-state index contributed by atoms with van der Waals surface area (Å²) in [7, 11) is 0. The first-order valence-corrected chi connectivity index (χ1v) is 1.89. The lowest BCUT2D eigenvalue weighted by atomic mass is 10.7. The van der Waals surface area contributed by atoms with Crippen molar-refractivity contribution >= 4 is 6.09 Å². The van der Waals surface area contributed by atoms with E-state index in [1.165, 1.54) is 6.92 Å². The van der Waals surface area contributed by atoms with Crippen LogP contribution in [0.3, 0.4) is 0 Å². The molecular weight excluding hydrogens is 112 g/mol. The van der Waals surface area contributed by atoms with Gasteiger partial charge in [-0.05, 0) is 6.92 Å². The molecule has 8 heavy (non-hydrogen) atoms. The molecule has 0 radical (unpaired) electrons. The van der Waals surface area contributed by atoms with E-state index in [0.29, 0.717) is 0 Å². The molecule has 0 spiro atoms. The van der Waals surface area contributed by atoms with Crippen molar-refractivity contribution in [2.45, 2.75) is 13.2 Å². The summed E-state index contributed by atoms with van der Waals surface area (Å²) in [6.45, 7) is 1.50. The van der Waals surface area contributed by atoms with Crippen molar-refractivity contribution in [3.8, 4) is 0 Å². The topological polar surface area (TPSA) is 110 Å². The quantitative estimate of drug-likeness (QED) is 0.306. The number of aliphatic hydroxyl groups excluding tert-OH is 1. The molecule has 0 rings (SSSR count). The highest BCUT2D eigenvalue weighted by Gasteiger charge is 1.68. The van der Waals surface area contributed by atoms with Crippen LogP contribution in [0.1, 0.15) is 6.92 Å². The number of amides is 1. The maximum Gasteiger partial charge on any atom is 0.402 e. The van der Waals surface area contributed by atoms with Crippen molar-refractivity contribution in [1.29, 1.82) is 0 Å². The van der Waals surface area contributed by atoms with Crippen LogP contribution in [0.4, 0.5) is 4.79 Å². The summed E-state index contributed by atoms with van der Waals surface area (Å²) >= 11 is 0. The second-order valence-electron chi connectivity index (χ2n) is 1.08. The van der Waals surface area contributed by atoms with E-state index < -0.39 is 12.3 Å². The molecule has 0 aromatic rings. The molecule has 0 saturated heterocycles. The van der Waals surface area contributed by atoms with E-state index in [2.05, 4.69) is 11.5 Å². The predicted molar refractivity (Wildman–Crippen MR) is 28.1 cm³/mol. The summed E-state index contributed by atoms with van der Waals surface area (Å²) in [6.07, 6.45) is -2.00. The van der Waals surface area contributed by atoms with Gasteiger partial charge >= 0.3 is 6.09 Å². The molecule has 0 aliphatic carbocycles. The van der Waals surface area contributed by atoms with Gasteiger partial charge in [0.15, 0.2) is 0 Å². The summed E-state index contributed by atoms with van der Waals surface area (Å²) < 4.78 is 0. The fourth-order valence-electron chi connectivity index (χ4n) is 0. The SMILES string of the molecule is CC(N)O.NC(=O)O. The third kappa shape index (κ3) is 139. The summed E-state index contributed by atoms with van der Waals surface area (Å²) in [5, 5.41) is 15.0. The lowest BCUT2D eigenvalue weighted by Crippen LogP contribution is -2.11. The zero-order valence-electron chi connectivity index (χ0n) is 4.53. The van der Waals surface area contributed by atoms with Crippen molar-refractivity contribution in [2.75, 3.05) is 0 Å². The zero-order valence-corrected chi connectivity index (χ0v) is 4.53. The van der Waals surface area contributed by atoms with Crippen LogP contribution in [0.25, 0.3) is 0 Å². The van der Waals surface area contributed by atoms with E-state index in [-0.39, 0.29) is 0 Å². The summed E-state index contributed by atoms with van der Waals surface area (Å²) in [5.41, 5.74) is 8.69. The van der Waals surface area contributed by atoms with Gasteiger partial charge < -0.3 is 21.7 Å². The van der Waals surface area contributed by atoms with Crippen molar-refractivity contribution in [3.05, 3.63) is 0 Å². The first-order chi connectivity index (χ1) is 3.46. The molecule has 0 aliphatic heterocycles. The van der Waals surface area contributed by atoms with Crippen LogP contribution in [-0.2, 0) is 0 Å². The third-order valence-electron chi connectivity index (χ3n) is 0. The molecule has 1 unspecified atom stereocenters. The van der Waals surface area contributed by atoms with Gasteiger partial charge in [-0.15, -0.1) is 0 Å². The summed E-state index contributed by atoms with van der Waals surface area (Å²) in [5.74, 6) is 0. The normalized spacial score (nSPS) is 10.9. The molecule has 1 amide bonds. The van der Waals surface area contributed by atoms with Gasteiger partial charge in [0, 0.05) is 0 Å². The van der Waals surface area contributed by atoms with E-state index in [9.17, 15) is 0 Å². The summed E-state index contributed by atoms with van der Waals surface area (Å²) in [6, 6.07) is 0. The Hall–Kier alpha value is -0.810. The number of rotatable bonds is 0. The Kier molecular flexibility index (Phi) is 7.91. The number of primary amides is 1. The highest BCUT2D eigenvalue weighted by atomic mass is 16.4. The average Bonchev–Trinajstić information content (AvgIpc) is 1.25. The smallest absolute Gasteiger partial charge is 0.402 e. The van der Waals surface area contributed by atoms with Crippen LogP contribution in [-0.4, -0.2) is 22.5 Å². The standard InChI is InChI=1S/C2H7NO.CH3NO2/c1-2(3)4;2-1(3)4/h2,4H,3H2,1H3;2H2,(H,3,4). The maximum absolute atomic E-state index is 8.78. The highest BCUT2D eigenvalue weighted by molar-refractivity contribution is 5.61. The molecular formula is C3H10N2O3. The molecule has 5 heteroatoms. The van der Waals surface area contributed by atoms with E-state index in [0.717, 1.165) is 0 Å². The number of carboxylic acid groups (broad SMARTS) is 1. The van der Waals surface area contributed by atoms with Crippen LogP contribution in [0, 0.1) is 0 Å². The minimum atomic E-state index is -1.33. The van der Waals surface area contributed by atoms with Gasteiger partial charge in [0.2, 0.25) is 0 Å². The Morgan fingerprint density at radius 2 is 1.75 bits per heavy atom. The van der Waals surface area contributed by atoms with Crippen molar-refractivity contribution in [1.82, 2.24) is 0 Å². The van der Waals surface area contributed by atoms with Crippen molar-refractivity contribution in [2.24, 2.45) is 11.5 Å². The largest absolute Gasteiger partial charge is 0.465 e. The molecule has 5 nitrogen and oxygen atoms in total. The molecule has 0 bridgehead atoms. The Morgan fingerprint density at radius 3 is 1.75 bits per heavy atom. The minimum absolute atomic E-state index is 0.667. The number of nitrogens with two attached hydrogens (primary N) is 2. The van der Waals surface area contributed by atoms with E-state index in [1.807, 2.05) is 0 Å². The molecule has 0 aromatic carbocycles. The Labute approximate surface area is 46.9 Å². The maximum atomic E-state index is 8.78. The average molecular weight is 122 g/mol. The number of aliphatic hydroxyl groups is 1. The molecule has 6 N–H and O–H groups in total. The van der Waals surface area contributed by atoms with Gasteiger partial charge in [0.05, 0.1) is 6.23 Å². The first kappa shape index (κ1) is 10.2. The van der Waals surface area contributed by atoms with Gasteiger partial charge in [-0.2, -0.15) is 0 Å². The van der Waals surface area contributed by atoms with Gasteiger partial charge in [-0.1, -0.05) is 0 Å². The zero-order chi connectivity index (χ0) is 7.15. The van der Waals surface area contributed by atoms with Crippen molar-refractivity contribution < 1.29 is 15.0 Å². The molecule has 0 heterocycles. The van der Waals surface area contributed by atoms with Gasteiger partial charge in [0.25, 0.3) is 0 Å².